The average molecular weight is 358 g/mol. The quantitative estimate of drug-likeness (QED) is 0.440. The molecule has 128 valence electrons. The molecule has 0 atom stereocenters. The van der Waals surface area contributed by atoms with Gasteiger partial charge in [0.05, 0.1) is 4.92 Å². The summed E-state index contributed by atoms with van der Waals surface area (Å²) in [6.45, 7) is 1.39. The molecular formula is C16H14N4O4S. The Balaban J connectivity index is 2.07. The number of nitrogens with zero attached hydrogens (tertiary/aromatic N) is 1. The van der Waals surface area contributed by atoms with E-state index < -0.39 is 10.8 Å². The summed E-state index contributed by atoms with van der Waals surface area (Å²) >= 11 is 5.05. The van der Waals surface area contributed by atoms with Gasteiger partial charge in [0.25, 0.3) is 11.6 Å². The van der Waals surface area contributed by atoms with Gasteiger partial charge in [0.15, 0.2) is 5.11 Å². The van der Waals surface area contributed by atoms with E-state index in [0.29, 0.717) is 11.4 Å². The van der Waals surface area contributed by atoms with Gasteiger partial charge in [0.1, 0.15) is 5.56 Å². The Kier molecular flexibility index (Phi) is 5.75. The van der Waals surface area contributed by atoms with Gasteiger partial charge in [-0.05, 0) is 36.5 Å². The highest BCUT2D eigenvalue weighted by Gasteiger charge is 2.19. The first-order valence-corrected chi connectivity index (χ1v) is 7.51. The Hall–Kier alpha value is -3.33. The normalized spacial score (nSPS) is 9.80. The third kappa shape index (κ3) is 5.08. The molecule has 0 aliphatic rings. The monoisotopic (exact) mass is 358 g/mol. The van der Waals surface area contributed by atoms with Gasteiger partial charge in [-0.25, -0.2) is 0 Å². The fourth-order valence-corrected chi connectivity index (χ4v) is 2.25. The standard InChI is InChI=1S/C16H14N4O4S/c1-10(21)17-11-5-4-6-12(9-11)18-16(25)19-15(22)13-7-2-3-8-14(13)20(23)24/h2-9H,1H3,(H,17,21)(H2,18,19,22,25). The zero-order chi connectivity index (χ0) is 18.4. The number of rotatable bonds is 4. The molecule has 0 heterocycles. The third-order valence-corrected chi connectivity index (χ3v) is 3.22. The summed E-state index contributed by atoms with van der Waals surface area (Å²) in [5.41, 5.74) is 0.698. The minimum atomic E-state index is -0.692. The summed E-state index contributed by atoms with van der Waals surface area (Å²) in [4.78, 5) is 33.6. The van der Waals surface area contributed by atoms with E-state index in [0.717, 1.165) is 0 Å². The number of thiocarbonyl (C=S) groups is 1. The van der Waals surface area contributed by atoms with Crippen LogP contribution in [0.2, 0.25) is 0 Å². The number of amides is 2. The number of nitro benzene ring substituents is 1. The fraction of sp³-hybridized carbons (Fsp3) is 0.0625. The van der Waals surface area contributed by atoms with Gasteiger partial charge >= 0.3 is 0 Å². The van der Waals surface area contributed by atoms with Gasteiger partial charge in [-0.15, -0.1) is 0 Å². The van der Waals surface area contributed by atoms with Crippen LogP contribution in [0.15, 0.2) is 48.5 Å². The molecule has 0 fully saturated rings. The maximum atomic E-state index is 12.2. The van der Waals surface area contributed by atoms with Gasteiger partial charge in [-0.1, -0.05) is 18.2 Å². The largest absolute Gasteiger partial charge is 0.332 e. The second kappa shape index (κ2) is 7.97. The Bertz CT molecular complexity index is 854. The topological polar surface area (TPSA) is 113 Å². The molecule has 2 rings (SSSR count). The second-order valence-corrected chi connectivity index (χ2v) is 5.35. The van der Waals surface area contributed by atoms with E-state index in [2.05, 4.69) is 16.0 Å². The molecule has 8 nitrogen and oxygen atoms in total. The van der Waals surface area contributed by atoms with E-state index in [1.807, 2.05) is 0 Å². The van der Waals surface area contributed by atoms with Gasteiger partial charge in [-0.3, -0.25) is 25.0 Å². The minimum Gasteiger partial charge on any atom is -0.332 e. The van der Waals surface area contributed by atoms with Gasteiger partial charge in [0.2, 0.25) is 5.91 Å². The van der Waals surface area contributed by atoms with E-state index in [9.17, 15) is 19.7 Å². The molecule has 2 amide bonds. The molecular weight excluding hydrogens is 344 g/mol. The zero-order valence-electron chi connectivity index (χ0n) is 13.1. The van der Waals surface area contributed by atoms with Crippen molar-refractivity contribution in [1.29, 1.82) is 0 Å². The number of hydrogen-bond acceptors (Lipinski definition) is 5. The lowest BCUT2D eigenvalue weighted by molar-refractivity contribution is -0.385. The fourth-order valence-electron chi connectivity index (χ4n) is 2.04. The van der Waals surface area contributed by atoms with Crippen LogP contribution in [0.1, 0.15) is 17.3 Å². The van der Waals surface area contributed by atoms with Crippen molar-refractivity contribution in [2.45, 2.75) is 6.92 Å². The molecule has 2 aromatic carbocycles. The van der Waals surface area contributed by atoms with Crippen molar-refractivity contribution in [2.75, 3.05) is 10.6 Å². The van der Waals surface area contributed by atoms with Crippen LogP contribution < -0.4 is 16.0 Å². The van der Waals surface area contributed by atoms with Crippen LogP contribution in [0, 0.1) is 10.1 Å². The van der Waals surface area contributed by atoms with Gasteiger partial charge in [0, 0.05) is 24.4 Å². The third-order valence-electron chi connectivity index (χ3n) is 3.01. The highest BCUT2D eigenvalue weighted by Crippen LogP contribution is 2.18. The number of benzene rings is 2. The number of nitrogens with one attached hydrogen (secondary N) is 3. The van der Waals surface area contributed by atoms with E-state index in [1.165, 1.54) is 31.2 Å². The minimum absolute atomic E-state index is 0.0249. The van der Waals surface area contributed by atoms with Crippen molar-refractivity contribution < 1.29 is 14.5 Å². The van der Waals surface area contributed by atoms with Crippen molar-refractivity contribution in [3.05, 3.63) is 64.2 Å². The number of para-hydroxylation sites is 1. The van der Waals surface area contributed by atoms with Crippen LogP contribution in [0.5, 0.6) is 0 Å². The summed E-state index contributed by atoms with van der Waals surface area (Å²) < 4.78 is 0. The van der Waals surface area contributed by atoms with Crippen LogP contribution >= 0.6 is 12.2 Å². The summed E-state index contributed by atoms with van der Waals surface area (Å²) in [5.74, 6) is -0.910. The Morgan fingerprint density at radius 3 is 2.32 bits per heavy atom. The molecule has 0 saturated carbocycles. The molecule has 0 spiro atoms. The summed E-state index contributed by atoms with van der Waals surface area (Å²) in [6.07, 6.45) is 0. The van der Waals surface area contributed by atoms with Crippen molar-refractivity contribution in [3.8, 4) is 0 Å². The van der Waals surface area contributed by atoms with Crippen molar-refractivity contribution in [3.63, 3.8) is 0 Å². The first-order chi connectivity index (χ1) is 11.9. The highest BCUT2D eigenvalue weighted by molar-refractivity contribution is 7.80. The second-order valence-electron chi connectivity index (χ2n) is 4.94. The Morgan fingerprint density at radius 2 is 1.68 bits per heavy atom. The SMILES string of the molecule is CC(=O)Nc1cccc(NC(=S)NC(=O)c2ccccc2[N+](=O)[O-])c1. The van der Waals surface area contributed by atoms with Crippen molar-refractivity contribution in [2.24, 2.45) is 0 Å². The maximum Gasteiger partial charge on any atom is 0.282 e. The molecule has 0 aromatic heterocycles. The molecule has 9 heteroatoms. The number of carbonyl (C=O) groups excluding carboxylic acids is 2. The molecule has 0 unspecified atom stereocenters. The summed E-state index contributed by atoms with van der Waals surface area (Å²) in [7, 11) is 0. The van der Waals surface area contributed by atoms with E-state index in [-0.39, 0.29) is 22.3 Å². The molecule has 2 aromatic rings. The zero-order valence-corrected chi connectivity index (χ0v) is 13.9. The lowest BCUT2D eigenvalue weighted by atomic mass is 10.1. The van der Waals surface area contributed by atoms with Crippen LogP contribution in [0.25, 0.3) is 0 Å². The predicted molar refractivity (Wildman–Crippen MR) is 97.5 cm³/mol. The van der Waals surface area contributed by atoms with Crippen LogP contribution in [0.4, 0.5) is 17.1 Å². The molecule has 0 aliphatic heterocycles. The molecule has 0 aliphatic carbocycles. The number of anilines is 2. The predicted octanol–water partition coefficient (Wildman–Crippen LogP) is 2.68. The van der Waals surface area contributed by atoms with Crippen molar-refractivity contribution >= 4 is 46.2 Å². The number of carbonyl (C=O) groups is 2. The molecule has 25 heavy (non-hydrogen) atoms. The smallest absolute Gasteiger partial charge is 0.282 e. The molecule has 0 bridgehead atoms. The lowest BCUT2D eigenvalue weighted by Crippen LogP contribution is -2.34. The first-order valence-electron chi connectivity index (χ1n) is 7.10. The van der Waals surface area contributed by atoms with E-state index in [1.54, 1.807) is 24.3 Å². The molecule has 3 N–H and O–H groups in total. The molecule has 0 radical (unpaired) electrons. The number of nitro groups is 1. The van der Waals surface area contributed by atoms with E-state index >= 15 is 0 Å². The van der Waals surface area contributed by atoms with Crippen LogP contribution in [-0.2, 0) is 4.79 Å². The maximum absolute atomic E-state index is 12.2. The summed E-state index contributed by atoms with van der Waals surface area (Å²) in [5, 5.41) is 18.7. The average Bonchev–Trinajstić information content (AvgIpc) is 2.54. The van der Waals surface area contributed by atoms with Gasteiger partial charge < -0.3 is 10.6 Å². The van der Waals surface area contributed by atoms with Crippen LogP contribution in [0.3, 0.4) is 0 Å². The number of hydrogen-bond donors (Lipinski definition) is 3. The van der Waals surface area contributed by atoms with Crippen LogP contribution in [-0.4, -0.2) is 21.9 Å². The first kappa shape index (κ1) is 18.0. The Labute approximate surface area is 148 Å². The molecule has 0 saturated heterocycles. The highest BCUT2D eigenvalue weighted by atomic mass is 32.1. The summed E-state index contributed by atoms with van der Waals surface area (Å²) in [6, 6.07) is 12.3. The lowest BCUT2D eigenvalue weighted by Gasteiger charge is -2.11. The Morgan fingerprint density at radius 1 is 1.04 bits per heavy atom. The van der Waals surface area contributed by atoms with E-state index in [4.69, 9.17) is 12.2 Å². The van der Waals surface area contributed by atoms with Gasteiger partial charge in [-0.2, -0.15) is 0 Å². The van der Waals surface area contributed by atoms with Crippen molar-refractivity contribution in [1.82, 2.24) is 5.32 Å².